The Morgan fingerprint density at radius 2 is 1.54 bits per heavy atom. The van der Waals surface area contributed by atoms with Crippen LogP contribution in [0.25, 0.3) is 0 Å². The molecule has 0 N–H and O–H groups in total. The van der Waals surface area contributed by atoms with Gasteiger partial charge in [0.05, 0.1) is 0 Å². The van der Waals surface area contributed by atoms with Crippen LogP contribution in [0.3, 0.4) is 0 Å². The van der Waals surface area contributed by atoms with Crippen molar-refractivity contribution >= 4 is 0 Å². The molecule has 2 nitrogen and oxygen atoms in total. The molecule has 0 amide bonds. The molecule has 0 spiro atoms. The maximum absolute atomic E-state index is 5.52. The molecule has 0 aliphatic rings. The van der Waals surface area contributed by atoms with Gasteiger partial charge in [-0.25, -0.2) is 0 Å². The first-order valence-electron chi connectivity index (χ1n) is 5.49. The van der Waals surface area contributed by atoms with Crippen LogP contribution < -0.4 is 0 Å². The van der Waals surface area contributed by atoms with E-state index in [9.17, 15) is 0 Å². The highest BCUT2D eigenvalue weighted by Crippen LogP contribution is 2.16. The van der Waals surface area contributed by atoms with Gasteiger partial charge in [-0.3, -0.25) is 0 Å². The molecule has 0 heterocycles. The Labute approximate surface area is 82.6 Å². The van der Waals surface area contributed by atoms with Crippen molar-refractivity contribution in [2.24, 2.45) is 5.92 Å². The number of hydrogen-bond donors (Lipinski definition) is 0. The fraction of sp³-hybridized carbons (Fsp3) is 1.00. The molecular weight excluding hydrogens is 164 g/mol. The van der Waals surface area contributed by atoms with Gasteiger partial charge < -0.3 is 9.47 Å². The minimum absolute atomic E-state index is 0.00144. The molecule has 2 heteroatoms. The van der Waals surface area contributed by atoms with Crippen LogP contribution in [0.5, 0.6) is 0 Å². The number of unbranched alkanes of at least 4 members (excludes halogenated alkanes) is 1. The second-order valence-electron chi connectivity index (χ2n) is 3.40. The van der Waals surface area contributed by atoms with Gasteiger partial charge in [-0.1, -0.05) is 26.7 Å². The third-order valence-electron chi connectivity index (χ3n) is 2.14. The summed E-state index contributed by atoms with van der Waals surface area (Å²) in [7, 11) is 0. The molecule has 0 rings (SSSR count). The normalized spacial score (nSPS) is 13.6. The van der Waals surface area contributed by atoms with Crippen molar-refractivity contribution in [1.29, 1.82) is 0 Å². The fourth-order valence-electron chi connectivity index (χ4n) is 1.37. The molecule has 0 aromatic carbocycles. The van der Waals surface area contributed by atoms with E-state index in [0.29, 0.717) is 5.92 Å². The van der Waals surface area contributed by atoms with Crippen LogP contribution in [0.1, 0.15) is 47.0 Å². The zero-order valence-corrected chi connectivity index (χ0v) is 9.51. The van der Waals surface area contributed by atoms with Crippen molar-refractivity contribution < 1.29 is 9.47 Å². The van der Waals surface area contributed by atoms with E-state index >= 15 is 0 Å². The zero-order valence-electron chi connectivity index (χ0n) is 9.51. The van der Waals surface area contributed by atoms with Gasteiger partial charge in [0.15, 0.2) is 6.29 Å². The molecule has 0 saturated heterocycles. The van der Waals surface area contributed by atoms with Gasteiger partial charge >= 0.3 is 0 Å². The minimum atomic E-state index is 0.00144. The molecule has 80 valence electrons. The summed E-state index contributed by atoms with van der Waals surface area (Å²) in [6, 6.07) is 0. The molecule has 0 bridgehead atoms. The molecule has 0 aliphatic heterocycles. The van der Waals surface area contributed by atoms with Crippen molar-refractivity contribution in [3.63, 3.8) is 0 Å². The molecule has 0 fully saturated rings. The molecule has 1 unspecified atom stereocenters. The van der Waals surface area contributed by atoms with Gasteiger partial charge in [0.2, 0.25) is 0 Å². The summed E-state index contributed by atoms with van der Waals surface area (Å²) in [6.07, 6.45) is 3.70. The molecule has 0 aromatic heterocycles. The first kappa shape index (κ1) is 12.9. The van der Waals surface area contributed by atoms with E-state index in [2.05, 4.69) is 13.8 Å². The lowest BCUT2D eigenvalue weighted by molar-refractivity contribution is -0.164. The Hall–Kier alpha value is -0.0800. The summed E-state index contributed by atoms with van der Waals surface area (Å²) < 4.78 is 11.0. The van der Waals surface area contributed by atoms with E-state index in [1.165, 1.54) is 19.3 Å². The first-order valence-corrected chi connectivity index (χ1v) is 5.49. The van der Waals surface area contributed by atoms with Crippen LogP contribution in [-0.4, -0.2) is 19.5 Å². The topological polar surface area (TPSA) is 18.5 Å². The van der Waals surface area contributed by atoms with E-state index in [1.54, 1.807) is 0 Å². The van der Waals surface area contributed by atoms with Gasteiger partial charge in [0.1, 0.15) is 0 Å². The highest BCUT2D eigenvalue weighted by Gasteiger charge is 2.16. The van der Waals surface area contributed by atoms with E-state index in [4.69, 9.17) is 9.47 Å². The van der Waals surface area contributed by atoms with Crippen LogP contribution in [0.2, 0.25) is 0 Å². The molecule has 0 aliphatic carbocycles. The molecule has 0 radical (unpaired) electrons. The Bertz CT molecular complexity index is 98.3. The predicted molar refractivity (Wildman–Crippen MR) is 55.7 cm³/mol. The van der Waals surface area contributed by atoms with Crippen LogP contribution in [-0.2, 0) is 9.47 Å². The molecule has 1 atom stereocenters. The van der Waals surface area contributed by atoms with Crippen molar-refractivity contribution in [3.8, 4) is 0 Å². The fourth-order valence-corrected chi connectivity index (χ4v) is 1.37. The SMILES string of the molecule is CCCCC(C)C(OCC)OCC. The van der Waals surface area contributed by atoms with Crippen molar-refractivity contribution in [3.05, 3.63) is 0 Å². The Morgan fingerprint density at radius 1 is 1.00 bits per heavy atom. The zero-order chi connectivity index (χ0) is 10.1. The van der Waals surface area contributed by atoms with Crippen LogP contribution in [0, 0.1) is 5.92 Å². The lowest BCUT2D eigenvalue weighted by atomic mass is 10.0. The summed E-state index contributed by atoms with van der Waals surface area (Å²) in [6.45, 7) is 9.91. The van der Waals surface area contributed by atoms with E-state index in [1.807, 2.05) is 13.8 Å². The number of ether oxygens (including phenoxy) is 2. The van der Waals surface area contributed by atoms with Crippen LogP contribution in [0.15, 0.2) is 0 Å². The first-order chi connectivity index (χ1) is 6.26. The molecule has 13 heavy (non-hydrogen) atoms. The second-order valence-corrected chi connectivity index (χ2v) is 3.40. The maximum atomic E-state index is 5.52. The molecule has 0 saturated carbocycles. The highest BCUT2D eigenvalue weighted by molar-refractivity contribution is 4.57. The largest absolute Gasteiger partial charge is 0.353 e. The van der Waals surface area contributed by atoms with Gasteiger partial charge in [0, 0.05) is 19.1 Å². The third kappa shape index (κ3) is 6.05. The average Bonchev–Trinajstić information content (AvgIpc) is 2.14. The lowest BCUT2D eigenvalue weighted by Crippen LogP contribution is -2.25. The van der Waals surface area contributed by atoms with Crippen molar-refractivity contribution in [2.45, 2.75) is 53.2 Å². The number of rotatable bonds is 8. The minimum Gasteiger partial charge on any atom is -0.353 e. The van der Waals surface area contributed by atoms with Crippen molar-refractivity contribution in [2.75, 3.05) is 13.2 Å². The smallest absolute Gasteiger partial charge is 0.160 e. The summed E-state index contributed by atoms with van der Waals surface area (Å²) in [5.74, 6) is 0.514. The second kappa shape index (κ2) is 8.52. The van der Waals surface area contributed by atoms with Crippen LogP contribution >= 0.6 is 0 Å². The average molecular weight is 188 g/mol. The van der Waals surface area contributed by atoms with Gasteiger partial charge in [0.25, 0.3) is 0 Å². The third-order valence-corrected chi connectivity index (χ3v) is 2.14. The van der Waals surface area contributed by atoms with E-state index < -0.39 is 0 Å². The Morgan fingerprint density at radius 3 is 1.92 bits per heavy atom. The Kier molecular flexibility index (Phi) is 8.46. The van der Waals surface area contributed by atoms with E-state index in [-0.39, 0.29) is 6.29 Å². The quantitative estimate of drug-likeness (QED) is 0.544. The van der Waals surface area contributed by atoms with Gasteiger partial charge in [-0.2, -0.15) is 0 Å². The highest BCUT2D eigenvalue weighted by atomic mass is 16.7. The predicted octanol–water partition coefficient (Wildman–Crippen LogP) is 3.21. The van der Waals surface area contributed by atoms with Gasteiger partial charge in [-0.05, 0) is 20.3 Å². The monoisotopic (exact) mass is 188 g/mol. The van der Waals surface area contributed by atoms with Gasteiger partial charge in [-0.15, -0.1) is 0 Å². The summed E-state index contributed by atoms with van der Waals surface area (Å²) in [4.78, 5) is 0. The summed E-state index contributed by atoms with van der Waals surface area (Å²) >= 11 is 0. The number of hydrogen-bond acceptors (Lipinski definition) is 2. The van der Waals surface area contributed by atoms with Crippen molar-refractivity contribution in [1.82, 2.24) is 0 Å². The maximum Gasteiger partial charge on any atom is 0.160 e. The molecule has 0 aromatic rings. The molecular formula is C11H24O2. The standard InChI is InChI=1S/C11H24O2/c1-5-8-9-10(4)11(12-6-2)13-7-3/h10-11H,5-9H2,1-4H3. The summed E-state index contributed by atoms with van der Waals surface area (Å²) in [5, 5.41) is 0. The lowest BCUT2D eigenvalue weighted by Gasteiger charge is -2.23. The summed E-state index contributed by atoms with van der Waals surface area (Å²) in [5.41, 5.74) is 0. The van der Waals surface area contributed by atoms with E-state index in [0.717, 1.165) is 13.2 Å². The van der Waals surface area contributed by atoms with Crippen LogP contribution in [0.4, 0.5) is 0 Å². The Balaban J connectivity index is 3.72.